The molecule has 106 valence electrons. The first-order valence-electron chi connectivity index (χ1n) is 7.17. The molecule has 1 atom stereocenters. The number of carbonyl (C=O) groups excluding carboxylic acids is 1. The van der Waals surface area contributed by atoms with E-state index in [1.807, 2.05) is 18.5 Å². The lowest BCUT2D eigenvalue weighted by Gasteiger charge is -2.22. The fraction of sp³-hybridized carbons (Fsp3) is 0.714. The molecule has 1 aliphatic rings. The lowest BCUT2D eigenvalue weighted by atomic mass is 9.98. The largest absolute Gasteiger partial charge is 0.307 e. The van der Waals surface area contributed by atoms with Crippen molar-refractivity contribution in [3.05, 3.63) is 16.4 Å². The summed E-state index contributed by atoms with van der Waals surface area (Å²) in [5.41, 5.74) is 1.77. The van der Waals surface area contributed by atoms with Gasteiger partial charge in [-0.1, -0.05) is 24.9 Å². The summed E-state index contributed by atoms with van der Waals surface area (Å²) >= 11 is 6.34. The van der Waals surface area contributed by atoms with Gasteiger partial charge in [0, 0.05) is 6.54 Å². The molecule has 0 amide bonds. The van der Waals surface area contributed by atoms with Crippen LogP contribution in [0, 0.1) is 0 Å². The minimum Gasteiger partial charge on any atom is -0.307 e. The third kappa shape index (κ3) is 3.18. The standard InChI is InChI=1S/C14H22ClN3O/c1-3-10-14(15)12(18(4-2)17-10)9-13(19)11-7-5-6-8-16-11/h11,16H,3-9H2,1-2H3. The van der Waals surface area contributed by atoms with Crippen LogP contribution in [0.25, 0.3) is 0 Å². The second kappa shape index (κ2) is 6.53. The molecule has 0 aromatic carbocycles. The lowest BCUT2D eigenvalue weighted by Crippen LogP contribution is -2.41. The second-order valence-electron chi connectivity index (χ2n) is 5.02. The average molecular weight is 284 g/mol. The van der Waals surface area contributed by atoms with E-state index in [-0.39, 0.29) is 11.8 Å². The topological polar surface area (TPSA) is 46.9 Å². The smallest absolute Gasteiger partial charge is 0.155 e. The van der Waals surface area contributed by atoms with Crippen molar-refractivity contribution >= 4 is 17.4 Å². The number of carbonyl (C=O) groups is 1. The summed E-state index contributed by atoms with van der Waals surface area (Å²) in [7, 11) is 0. The van der Waals surface area contributed by atoms with E-state index in [1.165, 1.54) is 0 Å². The summed E-state index contributed by atoms with van der Waals surface area (Å²) in [6, 6.07) is -0.00454. The summed E-state index contributed by atoms with van der Waals surface area (Å²) in [5, 5.41) is 8.43. The molecule has 0 saturated carbocycles. The first-order chi connectivity index (χ1) is 9.17. The number of aryl methyl sites for hydroxylation is 2. The average Bonchev–Trinajstić information content (AvgIpc) is 2.76. The molecule has 1 N–H and O–H groups in total. The number of Topliss-reactive ketones (excluding diaryl/α,β-unsaturated/α-hetero) is 1. The zero-order valence-corrected chi connectivity index (χ0v) is 12.5. The maximum absolute atomic E-state index is 12.3. The van der Waals surface area contributed by atoms with Crippen LogP contribution in [0.4, 0.5) is 0 Å². The van der Waals surface area contributed by atoms with E-state index in [4.69, 9.17) is 11.6 Å². The van der Waals surface area contributed by atoms with Gasteiger partial charge in [0.2, 0.25) is 0 Å². The van der Waals surface area contributed by atoms with Gasteiger partial charge in [0.15, 0.2) is 5.78 Å². The van der Waals surface area contributed by atoms with E-state index in [1.54, 1.807) is 0 Å². The molecule has 0 spiro atoms. The molecule has 1 fully saturated rings. The normalized spacial score (nSPS) is 19.6. The highest BCUT2D eigenvalue weighted by molar-refractivity contribution is 6.32. The highest BCUT2D eigenvalue weighted by atomic mass is 35.5. The van der Waals surface area contributed by atoms with Gasteiger partial charge >= 0.3 is 0 Å². The molecular weight excluding hydrogens is 262 g/mol. The lowest BCUT2D eigenvalue weighted by molar-refractivity contribution is -0.121. The van der Waals surface area contributed by atoms with Crippen LogP contribution in [0.2, 0.25) is 5.02 Å². The fourth-order valence-corrected chi connectivity index (χ4v) is 2.94. The fourth-order valence-electron chi connectivity index (χ4n) is 2.60. The van der Waals surface area contributed by atoms with Crippen molar-refractivity contribution in [2.45, 2.75) is 58.5 Å². The first kappa shape index (κ1) is 14.5. The highest BCUT2D eigenvalue weighted by Crippen LogP contribution is 2.23. The molecule has 1 unspecified atom stereocenters. The second-order valence-corrected chi connectivity index (χ2v) is 5.40. The Hall–Kier alpha value is -0.870. The molecular formula is C14H22ClN3O. The van der Waals surface area contributed by atoms with Gasteiger partial charge in [-0.25, -0.2) is 0 Å². The van der Waals surface area contributed by atoms with Crippen molar-refractivity contribution in [2.75, 3.05) is 6.54 Å². The number of nitrogens with zero attached hydrogens (tertiary/aromatic N) is 2. The van der Waals surface area contributed by atoms with Crippen molar-refractivity contribution in [3.8, 4) is 0 Å². The van der Waals surface area contributed by atoms with Crippen molar-refractivity contribution in [1.82, 2.24) is 15.1 Å². The van der Waals surface area contributed by atoms with Crippen LogP contribution < -0.4 is 5.32 Å². The van der Waals surface area contributed by atoms with Crippen LogP contribution in [0.5, 0.6) is 0 Å². The van der Waals surface area contributed by atoms with E-state index in [2.05, 4.69) is 10.4 Å². The van der Waals surface area contributed by atoms with Gasteiger partial charge in [-0.05, 0) is 32.7 Å². The predicted molar refractivity (Wildman–Crippen MR) is 76.6 cm³/mol. The molecule has 1 aromatic heterocycles. The monoisotopic (exact) mass is 283 g/mol. The molecule has 19 heavy (non-hydrogen) atoms. The minimum absolute atomic E-state index is 0.00454. The molecule has 1 aromatic rings. The molecule has 0 aliphatic carbocycles. The Balaban J connectivity index is 2.13. The van der Waals surface area contributed by atoms with Gasteiger partial charge in [-0.15, -0.1) is 0 Å². The molecule has 0 radical (unpaired) electrons. The number of nitrogens with one attached hydrogen (secondary N) is 1. The quantitative estimate of drug-likeness (QED) is 0.902. The Bertz CT molecular complexity index is 450. The van der Waals surface area contributed by atoms with E-state index in [9.17, 15) is 4.79 Å². The van der Waals surface area contributed by atoms with Crippen molar-refractivity contribution in [2.24, 2.45) is 0 Å². The maximum Gasteiger partial charge on any atom is 0.155 e. The van der Waals surface area contributed by atoms with Gasteiger partial charge in [0.25, 0.3) is 0 Å². The van der Waals surface area contributed by atoms with E-state index >= 15 is 0 Å². The molecule has 2 heterocycles. The Kier molecular flexibility index (Phi) is 4.99. The predicted octanol–water partition coefficient (Wildman–Crippen LogP) is 2.37. The molecule has 5 heteroatoms. The van der Waals surface area contributed by atoms with Crippen LogP contribution >= 0.6 is 11.6 Å². The zero-order chi connectivity index (χ0) is 13.8. The number of ketones is 1. The van der Waals surface area contributed by atoms with Gasteiger partial charge in [-0.2, -0.15) is 5.10 Å². The number of piperidine rings is 1. The van der Waals surface area contributed by atoms with Crippen LogP contribution in [0.1, 0.15) is 44.5 Å². The van der Waals surface area contributed by atoms with E-state index in [0.29, 0.717) is 11.4 Å². The third-order valence-electron chi connectivity index (χ3n) is 3.73. The summed E-state index contributed by atoms with van der Waals surface area (Å²) < 4.78 is 1.86. The van der Waals surface area contributed by atoms with Crippen LogP contribution in [0.3, 0.4) is 0 Å². The Labute approximate surface area is 119 Å². The summed E-state index contributed by atoms with van der Waals surface area (Å²) in [6.45, 7) is 5.75. The molecule has 2 rings (SSSR count). The summed E-state index contributed by atoms with van der Waals surface area (Å²) in [5.74, 6) is 0.235. The SMILES string of the molecule is CCc1nn(CC)c(CC(=O)C2CCCCN2)c1Cl. The number of hydrogen-bond acceptors (Lipinski definition) is 3. The van der Waals surface area contributed by atoms with Crippen molar-refractivity contribution in [1.29, 1.82) is 0 Å². The third-order valence-corrected chi connectivity index (χ3v) is 4.17. The van der Waals surface area contributed by atoms with Crippen molar-refractivity contribution < 1.29 is 4.79 Å². The number of halogens is 1. The van der Waals surface area contributed by atoms with Crippen molar-refractivity contribution in [3.63, 3.8) is 0 Å². The Morgan fingerprint density at radius 2 is 2.26 bits per heavy atom. The van der Waals surface area contributed by atoms with Gasteiger partial charge in [0.1, 0.15) is 0 Å². The van der Waals surface area contributed by atoms with Gasteiger partial charge in [0.05, 0.1) is 28.9 Å². The van der Waals surface area contributed by atoms with Gasteiger partial charge in [-0.3, -0.25) is 9.48 Å². The number of rotatable bonds is 5. The maximum atomic E-state index is 12.3. The minimum atomic E-state index is -0.00454. The summed E-state index contributed by atoms with van der Waals surface area (Å²) in [4.78, 5) is 12.3. The molecule has 1 aliphatic heterocycles. The van der Waals surface area contributed by atoms with Crippen LogP contribution in [-0.4, -0.2) is 28.2 Å². The molecule has 1 saturated heterocycles. The van der Waals surface area contributed by atoms with E-state index < -0.39 is 0 Å². The van der Waals surface area contributed by atoms with Crippen LogP contribution in [-0.2, 0) is 24.2 Å². The molecule has 0 bridgehead atoms. The number of hydrogen-bond donors (Lipinski definition) is 1. The highest BCUT2D eigenvalue weighted by Gasteiger charge is 2.24. The Morgan fingerprint density at radius 3 is 2.84 bits per heavy atom. The Morgan fingerprint density at radius 1 is 1.47 bits per heavy atom. The number of aromatic nitrogens is 2. The first-order valence-corrected chi connectivity index (χ1v) is 7.55. The van der Waals surface area contributed by atoms with E-state index in [0.717, 1.165) is 50.2 Å². The molecule has 4 nitrogen and oxygen atoms in total. The van der Waals surface area contributed by atoms with Gasteiger partial charge < -0.3 is 5.32 Å². The van der Waals surface area contributed by atoms with Crippen LogP contribution in [0.15, 0.2) is 0 Å². The summed E-state index contributed by atoms with van der Waals surface area (Å²) in [6.07, 6.45) is 4.42. The zero-order valence-electron chi connectivity index (χ0n) is 11.7.